The molecule has 8 heteroatoms. The van der Waals surface area contributed by atoms with E-state index in [1.807, 2.05) is 30.1 Å². The van der Waals surface area contributed by atoms with Gasteiger partial charge in [-0.3, -0.25) is 4.79 Å². The van der Waals surface area contributed by atoms with Crippen LogP contribution in [0.15, 0.2) is 57.8 Å². The Balaban J connectivity index is 1.67. The first-order valence-corrected chi connectivity index (χ1v) is 10.9. The number of carbonyl (C=O) groups excluding carboxylic acids is 1. The van der Waals surface area contributed by atoms with E-state index in [9.17, 15) is 13.2 Å². The Bertz CT molecular complexity index is 1010. The number of carbonyl (C=O) groups is 1. The van der Waals surface area contributed by atoms with Crippen molar-refractivity contribution in [3.05, 3.63) is 59.1 Å². The summed E-state index contributed by atoms with van der Waals surface area (Å²) in [6, 6.07) is 13.5. The summed E-state index contributed by atoms with van der Waals surface area (Å²) < 4.78 is 29.1. The molecule has 0 unspecified atom stereocenters. The summed E-state index contributed by atoms with van der Waals surface area (Å²) in [5, 5.41) is 3.37. The Hall–Kier alpha value is -2.38. The van der Waals surface area contributed by atoms with Gasteiger partial charge in [0.05, 0.1) is 4.90 Å². The van der Waals surface area contributed by atoms with Gasteiger partial charge in [0.15, 0.2) is 0 Å². The molecule has 2 aromatic rings. The van der Waals surface area contributed by atoms with Crippen LogP contribution in [-0.2, 0) is 21.2 Å². The van der Waals surface area contributed by atoms with Gasteiger partial charge in [-0.25, -0.2) is 0 Å². The number of aryl methyl sites for hydroxylation is 1. The number of anilines is 1. The van der Waals surface area contributed by atoms with E-state index < -0.39 is 10.0 Å². The summed E-state index contributed by atoms with van der Waals surface area (Å²) in [5.41, 5.74) is 1.32. The van der Waals surface area contributed by atoms with Crippen LogP contribution in [-0.4, -0.2) is 38.7 Å². The van der Waals surface area contributed by atoms with Crippen molar-refractivity contribution < 1.29 is 13.2 Å². The van der Waals surface area contributed by atoms with Crippen molar-refractivity contribution in [2.24, 2.45) is 4.40 Å². The molecular weight excluding hydrogens is 398 g/mol. The fraction of sp³-hybridized carbons (Fsp3) is 0.300. The number of rotatable bonds is 6. The Labute approximate surface area is 170 Å². The van der Waals surface area contributed by atoms with Crippen LogP contribution >= 0.6 is 11.6 Å². The third kappa shape index (κ3) is 5.11. The van der Waals surface area contributed by atoms with Crippen molar-refractivity contribution in [1.29, 1.82) is 0 Å². The van der Waals surface area contributed by atoms with E-state index in [-0.39, 0.29) is 17.2 Å². The maximum absolute atomic E-state index is 12.6. The first-order chi connectivity index (χ1) is 13.3. The molecule has 6 nitrogen and oxygen atoms in total. The molecule has 1 N–H and O–H groups in total. The van der Waals surface area contributed by atoms with Gasteiger partial charge in [-0.1, -0.05) is 35.9 Å². The van der Waals surface area contributed by atoms with E-state index in [1.165, 1.54) is 12.1 Å². The second-order valence-electron chi connectivity index (χ2n) is 6.68. The lowest BCUT2D eigenvalue weighted by atomic mass is 10.1. The largest absolute Gasteiger partial charge is 0.362 e. The Morgan fingerprint density at radius 3 is 2.71 bits per heavy atom. The maximum atomic E-state index is 12.6. The summed E-state index contributed by atoms with van der Waals surface area (Å²) in [4.78, 5) is 14.1. The van der Waals surface area contributed by atoms with Crippen LogP contribution in [0, 0.1) is 0 Å². The molecule has 2 aromatic carbocycles. The molecule has 3 rings (SSSR count). The van der Waals surface area contributed by atoms with Gasteiger partial charge in [-0.15, -0.1) is 4.40 Å². The monoisotopic (exact) mass is 419 g/mol. The smallest absolute Gasteiger partial charge is 0.284 e. The molecule has 28 heavy (non-hydrogen) atoms. The Morgan fingerprint density at radius 1 is 1.21 bits per heavy atom. The van der Waals surface area contributed by atoms with Crippen molar-refractivity contribution >= 4 is 39.1 Å². The molecule has 0 saturated carbocycles. The van der Waals surface area contributed by atoms with Gasteiger partial charge in [-0.2, -0.15) is 8.42 Å². The molecule has 0 bridgehead atoms. The van der Waals surface area contributed by atoms with Crippen LogP contribution in [0.3, 0.4) is 0 Å². The Morgan fingerprint density at radius 2 is 2.00 bits per heavy atom. The number of halogens is 1. The molecule has 1 aliphatic rings. The molecule has 0 atom stereocenters. The summed E-state index contributed by atoms with van der Waals surface area (Å²) in [6.07, 6.45) is 2.29. The van der Waals surface area contributed by atoms with Crippen LogP contribution in [0.1, 0.15) is 24.8 Å². The summed E-state index contributed by atoms with van der Waals surface area (Å²) in [5.74, 6) is 0.352. The lowest BCUT2D eigenvalue weighted by molar-refractivity contribution is -0.116. The summed E-state index contributed by atoms with van der Waals surface area (Å²) in [6.45, 7) is 0.801. The third-order valence-electron chi connectivity index (χ3n) is 4.55. The van der Waals surface area contributed by atoms with Crippen molar-refractivity contribution in [3.63, 3.8) is 0 Å². The fourth-order valence-electron chi connectivity index (χ4n) is 3.01. The number of benzene rings is 2. The highest BCUT2D eigenvalue weighted by Crippen LogP contribution is 2.21. The molecule has 0 aromatic heterocycles. The van der Waals surface area contributed by atoms with Crippen molar-refractivity contribution in [2.45, 2.75) is 30.6 Å². The zero-order valence-electron chi connectivity index (χ0n) is 15.6. The van der Waals surface area contributed by atoms with E-state index in [1.54, 1.807) is 18.2 Å². The zero-order chi connectivity index (χ0) is 20.1. The predicted octanol–water partition coefficient (Wildman–Crippen LogP) is 3.72. The zero-order valence-corrected chi connectivity index (χ0v) is 17.1. The number of amides is 1. The topological polar surface area (TPSA) is 78.8 Å². The standard InChI is InChI=1S/C20H22ClN3O3S/c1-24-13-5-10-19(24)23-28(26,27)17-8-4-7-16(14-17)22-20(25)12-11-15-6-2-3-9-18(15)21/h2-4,6-9,14H,5,10-13H2,1H3,(H,22,25). The number of hydrogen-bond donors (Lipinski definition) is 1. The molecule has 1 fully saturated rings. The lowest BCUT2D eigenvalue weighted by Gasteiger charge is -2.11. The first-order valence-electron chi connectivity index (χ1n) is 9.03. The first kappa shape index (κ1) is 20.4. The second-order valence-corrected chi connectivity index (χ2v) is 8.69. The van der Waals surface area contributed by atoms with Crippen molar-refractivity contribution in [3.8, 4) is 0 Å². The SMILES string of the molecule is CN1CCCC1=NS(=O)(=O)c1cccc(NC(=O)CCc2ccccc2Cl)c1. The Kier molecular flexibility index (Phi) is 6.36. The molecule has 1 heterocycles. The number of nitrogens with one attached hydrogen (secondary N) is 1. The minimum atomic E-state index is -3.82. The van der Waals surface area contributed by atoms with Crippen molar-refractivity contribution in [1.82, 2.24) is 4.90 Å². The molecule has 0 aliphatic carbocycles. The molecule has 0 spiro atoms. The van der Waals surface area contributed by atoms with Gasteiger partial charge in [-0.05, 0) is 42.7 Å². The number of sulfonamides is 1. The van der Waals surface area contributed by atoms with Gasteiger partial charge in [0.25, 0.3) is 10.0 Å². The highest BCUT2D eigenvalue weighted by atomic mass is 35.5. The molecule has 148 valence electrons. The van der Waals surface area contributed by atoms with Crippen LogP contribution in [0.4, 0.5) is 5.69 Å². The predicted molar refractivity (Wildman–Crippen MR) is 111 cm³/mol. The molecular formula is C20H22ClN3O3S. The summed E-state index contributed by atoms with van der Waals surface area (Å²) >= 11 is 6.10. The number of nitrogens with zero attached hydrogens (tertiary/aromatic N) is 2. The van der Waals surface area contributed by atoms with E-state index in [0.717, 1.165) is 18.5 Å². The molecule has 0 radical (unpaired) electrons. The molecule has 1 saturated heterocycles. The highest BCUT2D eigenvalue weighted by Gasteiger charge is 2.20. The normalized spacial score (nSPS) is 15.8. The highest BCUT2D eigenvalue weighted by molar-refractivity contribution is 7.90. The molecule has 1 amide bonds. The average Bonchev–Trinajstić information content (AvgIpc) is 3.05. The van der Waals surface area contributed by atoms with E-state index in [0.29, 0.717) is 29.4 Å². The van der Waals surface area contributed by atoms with E-state index >= 15 is 0 Å². The quantitative estimate of drug-likeness (QED) is 0.773. The number of amidine groups is 1. The van der Waals surface area contributed by atoms with Gasteiger partial charge in [0.1, 0.15) is 5.84 Å². The molecule has 1 aliphatic heterocycles. The van der Waals surface area contributed by atoms with Crippen LogP contribution in [0.2, 0.25) is 5.02 Å². The van der Waals surface area contributed by atoms with E-state index in [4.69, 9.17) is 11.6 Å². The number of likely N-dealkylation sites (tertiary alicyclic amines) is 1. The average molecular weight is 420 g/mol. The summed E-state index contributed by atoms with van der Waals surface area (Å²) in [7, 11) is -1.99. The number of hydrogen-bond acceptors (Lipinski definition) is 3. The third-order valence-corrected chi connectivity index (χ3v) is 6.22. The minimum Gasteiger partial charge on any atom is -0.362 e. The lowest BCUT2D eigenvalue weighted by Crippen LogP contribution is -2.20. The minimum absolute atomic E-state index is 0.0594. The van der Waals surface area contributed by atoms with Crippen molar-refractivity contribution in [2.75, 3.05) is 18.9 Å². The second kappa shape index (κ2) is 8.75. The van der Waals surface area contributed by atoms with Gasteiger partial charge >= 0.3 is 0 Å². The van der Waals surface area contributed by atoms with E-state index in [2.05, 4.69) is 9.71 Å². The van der Waals surface area contributed by atoms with Gasteiger partial charge in [0, 0.05) is 37.1 Å². The van der Waals surface area contributed by atoms with Crippen LogP contribution in [0.25, 0.3) is 0 Å². The maximum Gasteiger partial charge on any atom is 0.284 e. The van der Waals surface area contributed by atoms with Crippen LogP contribution < -0.4 is 5.32 Å². The van der Waals surface area contributed by atoms with Gasteiger partial charge in [0.2, 0.25) is 5.91 Å². The van der Waals surface area contributed by atoms with Gasteiger partial charge < -0.3 is 10.2 Å². The fourth-order valence-corrected chi connectivity index (χ4v) is 4.38. The van der Waals surface area contributed by atoms with Crippen LogP contribution in [0.5, 0.6) is 0 Å².